The minimum atomic E-state index is -2.10. The summed E-state index contributed by atoms with van der Waals surface area (Å²) in [5.41, 5.74) is 2.82. The molecular weight excluding hydrogens is 1440 g/mol. The summed E-state index contributed by atoms with van der Waals surface area (Å²) in [6.07, 6.45) is 10.3. The Morgan fingerprint density at radius 2 is 0.693 bits per heavy atom. The number of anilines is 6. The van der Waals surface area contributed by atoms with Crippen molar-refractivity contribution in [2.45, 2.75) is 38.5 Å². The van der Waals surface area contributed by atoms with Gasteiger partial charge in [0.25, 0.3) is 0 Å². The standard InChI is InChI=1S/C63H63Br3F3IN12O6/c1-83-55-25-43-52(71-34-74-61(43)77-49-7-4-40(64)22-46(49)67)28-58(55)86-31-37-10-16-80(17-11-37)70(81-18-12-38(13-19-81)32-87-59-29-53-44(26-56(59)84-2)62(75-35-72-53)78-50-8-5-41(65)23-47(50)68)82-20-14-39(15-21-82)33-88-60-30-54-45(27-57(60)85-3)63(76-36-73-54)79-51-9-6-42(66)24-48(51)69/h4-9,22-30,34-39H,10-21,31-33H2,1-3H3,(H,71,74,77)(H,72,75,78)(H,73,76,79). The molecule has 0 atom stereocenters. The van der Waals surface area contributed by atoms with Gasteiger partial charge < -0.3 is 0 Å². The van der Waals surface area contributed by atoms with Gasteiger partial charge in [-0.25, -0.2) is 13.2 Å². The van der Waals surface area contributed by atoms with Crippen molar-refractivity contribution in [3.63, 3.8) is 0 Å². The molecule has 25 heteroatoms. The summed E-state index contributed by atoms with van der Waals surface area (Å²) in [5.74, 6) is 4.54. The molecule has 0 radical (unpaired) electrons. The molecule has 3 fully saturated rings. The third-order valence-corrected chi connectivity index (χ3v) is 24.1. The van der Waals surface area contributed by atoms with E-state index in [1.54, 1.807) is 57.7 Å². The number of aromatic nitrogens is 6. The van der Waals surface area contributed by atoms with Crippen LogP contribution in [0.2, 0.25) is 0 Å². The topological polar surface area (TPSA) is 179 Å². The van der Waals surface area contributed by atoms with Crippen LogP contribution in [0.15, 0.2) is 123 Å². The molecule has 0 unspecified atom stereocenters. The van der Waals surface area contributed by atoms with Crippen LogP contribution < -0.4 is 44.4 Å². The molecule has 3 aromatic heterocycles. The van der Waals surface area contributed by atoms with Crippen LogP contribution in [0.25, 0.3) is 32.7 Å². The molecule has 88 heavy (non-hydrogen) atoms. The zero-order valence-corrected chi connectivity index (χ0v) is 55.3. The Labute approximate surface area is 540 Å². The van der Waals surface area contributed by atoms with Crippen molar-refractivity contribution < 1.29 is 41.6 Å². The summed E-state index contributed by atoms with van der Waals surface area (Å²) >= 11 is 7.88. The number of nitrogens with one attached hydrogen (secondary N) is 3. The molecule has 6 aromatic carbocycles. The summed E-state index contributed by atoms with van der Waals surface area (Å²) in [6.45, 7) is 7.39. The van der Waals surface area contributed by atoms with E-state index in [4.69, 9.17) is 28.4 Å². The van der Waals surface area contributed by atoms with Gasteiger partial charge in [-0.15, -0.1) is 0 Å². The van der Waals surface area contributed by atoms with E-state index in [9.17, 15) is 13.2 Å². The third kappa shape index (κ3) is 14.2. The zero-order valence-electron chi connectivity index (χ0n) is 48.4. The van der Waals surface area contributed by atoms with Gasteiger partial charge in [-0.05, 0) is 54.6 Å². The Kier molecular flexibility index (Phi) is 19.6. The summed E-state index contributed by atoms with van der Waals surface area (Å²) in [6, 6.07) is 25.6. The first kappa shape index (κ1) is 61.6. The van der Waals surface area contributed by atoms with Gasteiger partial charge in [-0.3, -0.25) is 0 Å². The quantitative estimate of drug-likeness (QED) is 0.0456. The predicted molar refractivity (Wildman–Crippen MR) is 354 cm³/mol. The van der Waals surface area contributed by atoms with Gasteiger partial charge in [0.15, 0.2) is 0 Å². The maximum absolute atomic E-state index is 14.9. The number of rotatable bonds is 21. The van der Waals surface area contributed by atoms with Crippen molar-refractivity contribution in [2.75, 3.05) is 96.4 Å². The average Bonchev–Trinajstić information content (AvgIpc) is 2.23. The second kappa shape index (κ2) is 28.0. The Morgan fingerprint density at radius 1 is 0.409 bits per heavy atom. The average molecular weight is 1510 g/mol. The van der Waals surface area contributed by atoms with E-state index in [0.29, 0.717) is 153 Å². The van der Waals surface area contributed by atoms with Crippen LogP contribution in [0, 0.1) is 35.2 Å². The monoisotopic (exact) mass is 1500 g/mol. The van der Waals surface area contributed by atoms with Crippen molar-refractivity contribution in [3.8, 4) is 34.5 Å². The van der Waals surface area contributed by atoms with Crippen molar-refractivity contribution >= 4 is 136 Å². The molecule has 0 aliphatic carbocycles. The summed E-state index contributed by atoms with van der Waals surface area (Å²) in [5, 5.41) is 11.4. The third-order valence-electron chi connectivity index (χ3n) is 16.1. The number of piperidine rings is 3. The molecule has 460 valence electrons. The molecule has 3 saturated heterocycles. The second-order valence-electron chi connectivity index (χ2n) is 21.7. The fourth-order valence-corrected chi connectivity index (χ4v) is 19.0. The first-order valence-electron chi connectivity index (χ1n) is 28.8. The van der Waals surface area contributed by atoms with E-state index in [2.05, 4.69) is 103 Å². The van der Waals surface area contributed by atoms with Gasteiger partial charge in [0.1, 0.15) is 17.5 Å². The molecule has 18 nitrogen and oxygen atoms in total. The molecular formula is C63H63Br3F3IN12O6. The number of benzene rings is 6. The van der Waals surface area contributed by atoms with Crippen molar-refractivity contribution in [2.24, 2.45) is 17.8 Å². The SMILES string of the molecule is COc1cc2c(Nc3ccc(Br)cc3F)ncnc2cc1OCC1CCN(I(N2CCC(COc3cc4ncnc(Nc5ccc(Br)cc5F)c4cc3OC)CC2)N2CCC(COc3cc4ncnc(Nc5ccc(Br)cc5F)c4cc3OC)CC2)CC1. The van der Waals surface area contributed by atoms with Gasteiger partial charge >= 0.3 is 381 Å². The number of methoxy groups -OCH3 is 3. The Morgan fingerprint density at radius 3 is 0.955 bits per heavy atom. The number of hydrogen-bond donors (Lipinski definition) is 3. The zero-order chi connectivity index (χ0) is 60.8. The van der Waals surface area contributed by atoms with Crippen molar-refractivity contribution in [1.29, 1.82) is 0 Å². The number of ether oxygens (including phenoxy) is 6. The number of hydrogen-bond acceptors (Lipinski definition) is 18. The van der Waals surface area contributed by atoms with Crippen molar-refractivity contribution in [3.05, 3.63) is 141 Å². The van der Waals surface area contributed by atoms with E-state index in [-0.39, 0.29) is 0 Å². The van der Waals surface area contributed by atoms with Gasteiger partial charge in [0.05, 0.1) is 17.1 Å². The molecule has 0 spiro atoms. The van der Waals surface area contributed by atoms with Crippen LogP contribution >= 0.6 is 68.4 Å². The number of fused-ring (bicyclic) bond motifs is 3. The molecule has 12 rings (SSSR count). The maximum atomic E-state index is 14.9. The molecule has 0 amide bonds. The van der Waals surface area contributed by atoms with E-state index < -0.39 is 38.1 Å². The molecule has 0 saturated carbocycles. The van der Waals surface area contributed by atoms with Crippen molar-refractivity contribution in [1.82, 2.24) is 39.2 Å². The van der Waals surface area contributed by atoms with Crippen LogP contribution in [0.3, 0.4) is 0 Å². The van der Waals surface area contributed by atoms with E-state index >= 15 is 0 Å². The molecule has 0 bridgehead atoms. The predicted octanol–water partition coefficient (Wildman–Crippen LogP) is 15.4. The Balaban J connectivity index is 0.707. The summed E-state index contributed by atoms with van der Waals surface area (Å²) < 4.78 is 92.3. The number of nitrogens with zero attached hydrogens (tertiary/aromatic N) is 9. The normalized spacial score (nSPS) is 16.0. The van der Waals surface area contributed by atoms with Gasteiger partial charge in [0.2, 0.25) is 0 Å². The van der Waals surface area contributed by atoms with Gasteiger partial charge in [-0.2, -0.15) is 0 Å². The first-order chi connectivity index (χ1) is 42.9. The first-order valence-corrected chi connectivity index (χ1v) is 34.1. The summed E-state index contributed by atoms with van der Waals surface area (Å²) in [4.78, 5) is 26.9. The van der Waals surface area contributed by atoms with Crippen LogP contribution in [-0.2, 0) is 0 Å². The fourth-order valence-electron chi connectivity index (χ4n) is 11.2. The number of halogens is 7. The van der Waals surface area contributed by atoms with Crippen LogP contribution in [0.1, 0.15) is 38.5 Å². The van der Waals surface area contributed by atoms with Crippen LogP contribution in [0.5, 0.6) is 34.5 Å². The molecule has 3 aliphatic rings. The Hall–Kier alpha value is -6.62. The molecule has 9 aromatic rings. The van der Waals surface area contributed by atoms with Gasteiger partial charge in [0, 0.05) is 13.4 Å². The van der Waals surface area contributed by atoms with E-state index in [0.717, 1.165) is 77.8 Å². The second-order valence-corrected chi connectivity index (χ2v) is 29.8. The van der Waals surface area contributed by atoms with Crippen LogP contribution in [0.4, 0.5) is 47.7 Å². The molecule has 3 aliphatic heterocycles. The Bertz CT molecular complexity index is 3580. The van der Waals surface area contributed by atoms with E-state index in [1.807, 2.05) is 36.4 Å². The summed E-state index contributed by atoms with van der Waals surface area (Å²) in [7, 11) is 4.84. The molecule has 3 N–H and O–H groups in total. The fraction of sp³-hybridized carbons (Fsp3) is 0.333. The van der Waals surface area contributed by atoms with Gasteiger partial charge in [-0.1, -0.05) is 47.8 Å². The minimum absolute atomic E-state index is 0.293. The van der Waals surface area contributed by atoms with Crippen LogP contribution in [-0.4, -0.2) is 120 Å². The van der Waals surface area contributed by atoms with E-state index in [1.165, 1.54) is 37.2 Å². The molecule has 6 heterocycles.